The molecule has 3 heteroatoms. The van der Waals surface area contributed by atoms with Crippen LogP contribution in [0, 0.1) is 18.3 Å². The van der Waals surface area contributed by atoms with Gasteiger partial charge in [0.25, 0.3) is 0 Å². The quantitative estimate of drug-likeness (QED) is 0.811. The molecular formula is C18H18N2O. The molecule has 1 N–H and O–H groups in total. The highest BCUT2D eigenvalue weighted by molar-refractivity contribution is 5.55. The third-order valence-corrected chi connectivity index (χ3v) is 3.14. The minimum absolute atomic E-state index is 0.512. The van der Waals surface area contributed by atoms with Crippen LogP contribution >= 0.6 is 0 Å². The van der Waals surface area contributed by atoms with Gasteiger partial charge in [-0.15, -0.1) is 0 Å². The van der Waals surface area contributed by atoms with Crippen LogP contribution in [0.3, 0.4) is 0 Å². The number of ether oxygens (including phenoxy) is 1. The molecule has 0 radical (unpaired) electrons. The summed E-state index contributed by atoms with van der Waals surface area (Å²) in [7, 11) is 0. The maximum Gasteiger partial charge on any atom is 0.119 e. The first-order chi connectivity index (χ1) is 10.2. The van der Waals surface area contributed by atoms with Crippen LogP contribution in [-0.4, -0.2) is 6.61 Å². The number of rotatable bonds is 6. The molecule has 0 saturated heterocycles. The molecule has 21 heavy (non-hydrogen) atoms. The van der Waals surface area contributed by atoms with E-state index in [9.17, 15) is 0 Å². The molecule has 0 heterocycles. The molecule has 0 atom stereocenters. The summed E-state index contributed by atoms with van der Waals surface area (Å²) in [4.78, 5) is 0. The molecule has 106 valence electrons. The number of hydrogen-bond acceptors (Lipinski definition) is 3. The molecule has 0 aliphatic rings. The number of benzene rings is 2. The zero-order valence-corrected chi connectivity index (χ0v) is 12.1. The summed E-state index contributed by atoms with van der Waals surface area (Å²) < 4.78 is 5.45. The molecule has 2 aromatic rings. The molecule has 2 aromatic carbocycles. The van der Waals surface area contributed by atoms with E-state index >= 15 is 0 Å². The van der Waals surface area contributed by atoms with E-state index in [4.69, 9.17) is 10.00 Å². The summed E-state index contributed by atoms with van der Waals surface area (Å²) in [6, 6.07) is 15.7. The number of aryl methyl sites for hydroxylation is 1. The first kappa shape index (κ1) is 14.7. The molecule has 0 fully saturated rings. The van der Waals surface area contributed by atoms with Crippen LogP contribution in [0.25, 0.3) is 0 Å². The van der Waals surface area contributed by atoms with Gasteiger partial charge in [0.2, 0.25) is 0 Å². The third-order valence-electron chi connectivity index (χ3n) is 3.14. The minimum atomic E-state index is 0.512. The smallest absolute Gasteiger partial charge is 0.119 e. The topological polar surface area (TPSA) is 45.0 Å². The lowest BCUT2D eigenvalue weighted by atomic mass is 10.1. The summed E-state index contributed by atoms with van der Waals surface area (Å²) in [5, 5.41) is 12.3. The molecule has 0 amide bonds. The normalized spacial score (nSPS) is 9.71. The van der Waals surface area contributed by atoms with E-state index in [0.29, 0.717) is 18.7 Å². The first-order valence-corrected chi connectivity index (χ1v) is 6.80. The highest BCUT2D eigenvalue weighted by Crippen LogP contribution is 2.18. The second kappa shape index (κ2) is 7.16. The average Bonchev–Trinajstić information content (AvgIpc) is 2.53. The van der Waals surface area contributed by atoms with Gasteiger partial charge in [-0.3, -0.25) is 0 Å². The lowest BCUT2D eigenvalue weighted by Gasteiger charge is -2.10. The van der Waals surface area contributed by atoms with Gasteiger partial charge in [-0.25, -0.2) is 0 Å². The number of nitrogens with zero attached hydrogens (tertiary/aromatic N) is 1. The van der Waals surface area contributed by atoms with E-state index in [2.05, 4.69) is 18.0 Å². The molecular weight excluding hydrogens is 260 g/mol. The van der Waals surface area contributed by atoms with Gasteiger partial charge in [0.1, 0.15) is 12.4 Å². The van der Waals surface area contributed by atoms with E-state index in [1.807, 2.05) is 49.4 Å². The number of anilines is 1. The predicted molar refractivity (Wildman–Crippen MR) is 85.4 cm³/mol. The van der Waals surface area contributed by atoms with Crippen molar-refractivity contribution in [3.8, 4) is 11.8 Å². The van der Waals surface area contributed by atoms with Crippen molar-refractivity contribution < 1.29 is 4.74 Å². The Morgan fingerprint density at radius 3 is 2.67 bits per heavy atom. The monoisotopic (exact) mass is 278 g/mol. The van der Waals surface area contributed by atoms with Gasteiger partial charge in [-0.2, -0.15) is 5.26 Å². The van der Waals surface area contributed by atoms with Crippen molar-refractivity contribution in [3.05, 3.63) is 71.8 Å². The first-order valence-electron chi connectivity index (χ1n) is 6.80. The summed E-state index contributed by atoms with van der Waals surface area (Å²) in [6.45, 7) is 6.86. The number of nitrogens with one attached hydrogen (secondary N) is 1. The summed E-state index contributed by atoms with van der Waals surface area (Å²) in [5.74, 6) is 0.835. The zero-order chi connectivity index (χ0) is 15.1. The fraction of sp³-hybridized carbons (Fsp3) is 0.167. The van der Waals surface area contributed by atoms with Crippen LogP contribution < -0.4 is 10.1 Å². The van der Waals surface area contributed by atoms with Gasteiger partial charge < -0.3 is 10.1 Å². The van der Waals surface area contributed by atoms with E-state index in [1.54, 1.807) is 6.08 Å². The second-order valence-corrected chi connectivity index (χ2v) is 4.74. The van der Waals surface area contributed by atoms with E-state index in [1.165, 1.54) is 0 Å². The van der Waals surface area contributed by atoms with Crippen molar-refractivity contribution in [1.82, 2.24) is 0 Å². The summed E-state index contributed by atoms with van der Waals surface area (Å²) in [5.41, 5.74) is 3.93. The van der Waals surface area contributed by atoms with Gasteiger partial charge in [0.05, 0.1) is 11.6 Å². The molecule has 0 saturated carbocycles. The molecule has 0 aliphatic heterocycles. The van der Waals surface area contributed by atoms with Crippen LogP contribution in [0.2, 0.25) is 0 Å². The van der Waals surface area contributed by atoms with Crippen molar-refractivity contribution in [1.29, 1.82) is 5.26 Å². The summed E-state index contributed by atoms with van der Waals surface area (Å²) >= 11 is 0. The van der Waals surface area contributed by atoms with Crippen LogP contribution in [0.1, 0.15) is 16.7 Å². The minimum Gasteiger partial charge on any atom is -0.490 e. The Morgan fingerprint density at radius 2 is 2.00 bits per heavy atom. The Hall–Kier alpha value is -2.73. The SMILES string of the molecule is C=CCOc1ccc(CNc2cc(C#N)ccc2C)cc1. The Labute approximate surface area is 125 Å². The van der Waals surface area contributed by atoms with E-state index in [0.717, 1.165) is 22.6 Å². The number of hydrogen-bond donors (Lipinski definition) is 1. The fourth-order valence-corrected chi connectivity index (χ4v) is 1.94. The Balaban J connectivity index is 2.00. The largest absolute Gasteiger partial charge is 0.490 e. The highest BCUT2D eigenvalue weighted by atomic mass is 16.5. The van der Waals surface area contributed by atoms with Gasteiger partial charge >= 0.3 is 0 Å². The molecule has 0 spiro atoms. The molecule has 0 unspecified atom stereocenters. The summed E-state index contributed by atoms with van der Waals surface area (Å²) in [6.07, 6.45) is 1.72. The van der Waals surface area contributed by atoms with Gasteiger partial charge in [0.15, 0.2) is 0 Å². The van der Waals surface area contributed by atoms with Crippen LogP contribution in [-0.2, 0) is 6.54 Å². The maximum atomic E-state index is 8.94. The lowest BCUT2D eigenvalue weighted by molar-refractivity contribution is 0.363. The highest BCUT2D eigenvalue weighted by Gasteiger charge is 2.01. The van der Waals surface area contributed by atoms with E-state index < -0.39 is 0 Å². The van der Waals surface area contributed by atoms with Gasteiger partial charge in [-0.05, 0) is 42.3 Å². The van der Waals surface area contributed by atoms with Crippen molar-refractivity contribution in [3.63, 3.8) is 0 Å². The Morgan fingerprint density at radius 1 is 1.24 bits per heavy atom. The van der Waals surface area contributed by atoms with Crippen LogP contribution in [0.4, 0.5) is 5.69 Å². The fourth-order valence-electron chi connectivity index (χ4n) is 1.94. The molecule has 2 rings (SSSR count). The van der Waals surface area contributed by atoms with Crippen molar-refractivity contribution in [2.45, 2.75) is 13.5 Å². The van der Waals surface area contributed by atoms with E-state index in [-0.39, 0.29) is 0 Å². The molecule has 3 nitrogen and oxygen atoms in total. The van der Waals surface area contributed by atoms with Crippen molar-refractivity contribution in [2.24, 2.45) is 0 Å². The lowest BCUT2D eigenvalue weighted by Crippen LogP contribution is -2.01. The van der Waals surface area contributed by atoms with Crippen LogP contribution in [0.15, 0.2) is 55.1 Å². The van der Waals surface area contributed by atoms with Gasteiger partial charge in [-0.1, -0.05) is 30.9 Å². The Kier molecular flexibility index (Phi) is 5.00. The molecule has 0 aromatic heterocycles. The average molecular weight is 278 g/mol. The predicted octanol–water partition coefficient (Wildman–Crippen LogP) is 4.04. The Bertz CT molecular complexity index is 654. The standard InChI is InChI=1S/C18H18N2O/c1-3-10-21-17-8-6-15(7-9-17)13-20-18-11-16(12-19)5-4-14(18)2/h3-9,11,20H,1,10,13H2,2H3. The molecule has 0 aliphatic carbocycles. The maximum absolute atomic E-state index is 8.94. The third kappa shape index (κ3) is 4.12. The second-order valence-electron chi connectivity index (χ2n) is 4.74. The van der Waals surface area contributed by atoms with Gasteiger partial charge in [0, 0.05) is 12.2 Å². The molecule has 0 bridgehead atoms. The number of nitriles is 1. The zero-order valence-electron chi connectivity index (χ0n) is 12.1. The van der Waals surface area contributed by atoms with Crippen molar-refractivity contribution >= 4 is 5.69 Å². The van der Waals surface area contributed by atoms with Crippen molar-refractivity contribution in [2.75, 3.05) is 11.9 Å². The van der Waals surface area contributed by atoms with Crippen LogP contribution in [0.5, 0.6) is 5.75 Å².